The highest BCUT2D eigenvalue weighted by Crippen LogP contribution is 2.20. The van der Waals surface area contributed by atoms with Crippen LogP contribution in [0.4, 0.5) is 10.5 Å². The summed E-state index contributed by atoms with van der Waals surface area (Å²) in [6.07, 6.45) is 1.12. The van der Waals surface area contributed by atoms with Gasteiger partial charge in [-0.25, -0.2) is 23.2 Å². The van der Waals surface area contributed by atoms with Crippen LogP contribution in [0.3, 0.4) is 0 Å². The SMILES string of the molecule is Cc1cc(C)nc(CNC(=O)Nc2cc(S(C)(=O)=O)ccc2C)n1. The summed E-state index contributed by atoms with van der Waals surface area (Å²) in [5.41, 5.74) is 2.87. The lowest BCUT2D eigenvalue weighted by Crippen LogP contribution is -2.29. The van der Waals surface area contributed by atoms with Gasteiger partial charge in [0.25, 0.3) is 0 Å². The Morgan fingerprint density at radius 2 is 1.71 bits per heavy atom. The van der Waals surface area contributed by atoms with E-state index in [9.17, 15) is 13.2 Å². The standard InChI is InChI=1S/C16H20N4O3S/c1-10-5-6-13(24(4,22)23)8-14(10)20-16(21)17-9-15-18-11(2)7-12(3)19-15/h5-8H,9H2,1-4H3,(H2,17,20,21). The molecule has 1 heterocycles. The van der Waals surface area contributed by atoms with Crippen molar-refractivity contribution < 1.29 is 13.2 Å². The quantitative estimate of drug-likeness (QED) is 0.881. The zero-order valence-electron chi connectivity index (χ0n) is 14.0. The van der Waals surface area contributed by atoms with Crippen molar-refractivity contribution in [3.63, 3.8) is 0 Å². The van der Waals surface area contributed by atoms with Crippen LogP contribution in [0.25, 0.3) is 0 Å². The number of sulfone groups is 1. The summed E-state index contributed by atoms with van der Waals surface area (Å²) in [6.45, 7) is 5.68. The number of nitrogens with zero attached hydrogens (tertiary/aromatic N) is 2. The van der Waals surface area contributed by atoms with Crippen molar-refractivity contribution in [1.29, 1.82) is 0 Å². The number of hydrogen-bond acceptors (Lipinski definition) is 5. The van der Waals surface area contributed by atoms with Gasteiger partial charge in [-0.05, 0) is 44.5 Å². The fourth-order valence-electron chi connectivity index (χ4n) is 2.17. The Bertz CT molecular complexity index is 859. The average Bonchev–Trinajstić information content (AvgIpc) is 2.45. The first-order valence-electron chi connectivity index (χ1n) is 7.32. The Labute approximate surface area is 141 Å². The van der Waals surface area contributed by atoms with E-state index in [0.717, 1.165) is 23.2 Å². The minimum atomic E-state index is -3.33. The van der Waals surface area contributed by atoms with E-state index in [0.29, 0.717) is 11.5 Å². The molecule has 0 unspecified atom stereocenters. The molecule has 128 valence electrons. The average molecular weight is 348 g/mol. The molecule has 0 saturated carbocycles. The number of anilines is 1. The zero-order chi connectivity index (χ0) is 17.9. The van der Waals surface area contributed by atoms with E-state index in [2.05, 4.69) is 20.6 Å². The summed E-state index contributed by atoms with van der Waals surface area (Å²) in [5, 5.41) is 5.31. The molecule has 7 nitrogen and oxygen atoms in total. The molecule has 0 saturated heterocycles. The number of benzene rings is 1. The Morgan fingerprint density at radius 3 is 2.29 bits per heavy atom. The van der Waals surface area contributed by atoms with Gasteiger partial charge in [-0.15, -0.1) is 0 Å². The van der Waals surface area contributed by atoms with E-state index in [1.807, 2.05) is 19.9 Å². The number of urea groups is 1. The van der Waals surface area contributed by atoms with Crippen LogP contribution < -0.4 is 10.6 Å². The lowest BCUT2D eigenvalue weighted by Gasteiger charge is -2.11. The summed E-state index contributed by atoms with van der Waals surface area (Å²) in [4.78, 5) is 20.7. The molecule has 0 aliphatic carbocycles. The van der Waals surface area contributed by atoms with E-state index in [-0.39, 0.29) is 11.4 Å². The molecular formula is C16H20N4O3S. The van der Waals surface area contributed by atoms with Gasteiger partial charge in [-0.1, -0.05) is 6.07 Å². The summed E-state index contributed by atoms with van der Waals surface area (Å²) < 4.78 is 23.2. The van der Waals surface area contributed by atoms with E-state index in [1.54, 1.807) is 13.0 Å². The maximum absolute atomic E-state index is 12.0. The lowest BCUT2D eigenvalue weighted by atomic mass is 10.2. The maximum Gasteiger partial charge on any atom is 0.319 e. The number of aryl methyl sites for hydroxylation is 3. The third-order valence-corrected chi connectivity index (χ3v) is 4.43. The molecule has 2 N–H and O–H groups in total. The molecule has 0 aliphatic heterocycles. The molecule has 0 bridgehead atoms. The number of nitrogens with one attached hydrogen (secondary N) is 2. The monoisotopic (exact) mass is 348 g/mol. The maximum atomic E-state index is 12.0. The fraction of sp³-hybridized carbons (Fsp3) is 0.312. The molecule has 24 heavy (non-hydrogen) atoms. The second kappa shape index (κ2) is 6.96. The topological polar surface area (TPSA) is 101 Å². The minimum absolute atomic E-state index is 0.154. The summed E-state index contributed by atoms with van der Waals surface area (Å²) in [7, 11) is -3.33. The molecule has 2 amide bonds. The van der Waals surface area contributed by atoms with E-state index < -0.39 is 15.9 Å². The third kappa shape index (κ3) is 4.76. The normalized spacial score (nSPS) is 11.2. The summed E-state index contributed by atoms with van der Waals surface area (Å²) in [6, 6.07) is 6.00. The van der Waals surface area contributed by atoms with Crippen molar-refractivity contribution in [2.24, 2.45) is 0 Å². The van der Waals surface area contributed by atoms with Crippen LogP contribution in [0, 0.1) is 20.8 Å². The number of aromatic nitrogens is 2. The van der Waals surface area contributed by atoms with Crippen molar-refractivity contribution in [1.82, 2.24) is 15.3 Å². The van der Waals surface area contributed by atoms with Gasteiger partial charge >= 0.3 is 6.03 Å². The van der Waals surface area contributed by atoms with Crippen LogP contribution >= 0.6 is 0 Å². The van der Waals surface area contributed by atoms with Crippen LogP contribution in [0.2, 0.25) is 0 Å². The molecule has 0 aliphatic rings. The summed E-state index contributed by atoms with van der Waals surface area (Å²) in [5.74, 6) is 0.518. The number of carbonyl (C=O) groups excluding carboxylic acids is 1. The molecule has 2 rings (SSSR count). The molecule has 0 spiro atoms. The Morgan fingerprint density at radius 1 is 1.08 bits per heavy atom. The Kier molecular flexibility index (Phi) is 5.18. The van der Waals surface area contributed by atoms with Gasteiger partial charge in [-0.3, -0.25) is 0 Å². The van der Waals surface area contributed by atoms with E-state index in [1.165, 1.54) is 12.1 Å². The molecule has 1 aromatic heterocycles. The number of rotatable bonds is 4. The largest absolute Gasteiger partial charge is 0.331 e. The molecule has 2 aromatic rings. The zero-order valence-corrected chi connectivity index (χ0v) is 14.9. The number of hydrogen-bond donors (Lipinski definition) is 2. The first kappa shape index (κ1) is 17.9. The highest BCUT2D eigenvalue weighted by Gasteiger charge is 2.11. The highest BCUT2D eigenvalue weighted by molar-refractivity contribution is 7.90. The second-order valence-electron chi connectivity index (χ2n) is 5.62. The van der Waals surface area contributed by atoms with Gasteiger partial charge in [-0.2, -0.15) is 0 Å². The van der Waals surface area contributed by atoms with Gasteiger partial charge in [0.2, 0.25) is 0 Å². The first-order chi connectivity index (χ1) is 11.1. The van der Waals surface area contributed by atoms with Crippen LogP contribution in [0.5, 0.6) is 0 Å². The van der Waals surface area contributed by atoms with Crippen LogP contribution in [0.1, 0.15) is 22.8 Å². The van der Waals surface area contributed by atoms with Gasteiger partial charge in [0.1, 0.15) is 5.82 Å². The first-order valence-corrected chi connectivity index (χ1v) is 9.21. The highest BCUT2D eigenvalue weighted by atomic mass is 32.2. The van der Waals surface area contributed by atoms with Crippen molar-refractivity contribution in [2.75, 3.05) is 11.6 Å². The van der Waals surface area contributed by atoms with Crippen LogP contribution in [-0.2, 0) is 16.4 Å². The molecule has 0 fully saturated rings. The van der Waals surface area contributed by atoms with Crippen LogP contribution in [0.15, 0.2) is 29.2 Å². The predicted octanol–water partition coefficient (Wildman–Crippen LogP) is 2.13. The fourth-order valence-corrected chi connectivity index (χ4v) is 2.82. The van der Waals surface area contributed by atoms with Crippen molar-refractivity contribution >= 4 is 21.6 Å². The second-order valence-corrected chi connectivity index (χ2v) is 7.64. The number of amides is 2. The molecule has 8 heteroatoms. The smallest absolute Gasteiger partial charge is 0.319 e. The molecule has 0 atom stereocenters. The van der Waals surface area contributed by atoms with E-state index in [4.69, 9.17) is 0 Å². The molecular weight excluding hydrogens is 328 g/mol. The predicted molar refractivity (Wildman–Crippen MR) is 91.7 cm³/mol. The Balaban J connectivity index is 2.07. The van der Waals surface area contributed by atoms with Gasteiger partial charge in [0.15, 0.2) is 9.84 Å². The lowest BCUT2D eigenvalue weighted by molar-refractivity contribution is 0.251. The number of carbonyl (C=O) groups is 1. The van der Waals surface area contributed by atoms with E-state index >= 15 is 0 Å². The Hall–Kier alpha value is -2.48. The van der Waals surface area contributed by atoms with Crippen molar-refractivity contribution in [2.45, 2.75) is 32.2 Å². The van der Waals surface area contributed by atoms with Gasteiger partial charge < -0.3 is 10.6 Å². The van der Waals surface area contributed by atoms with Gasteiger partial charge in [0.05, 0.1) is 11.4 Å². The third-order valence-electron chi connectivity index (χ3n) is 3.32. The van der Waals surface area contributed by atoms with Crippen LogP contribution in [-0.4, -0.2) is 30.7 Å². The molecule has 1 aromatic carbocycles. The van der Waals surface area contributed by atoms with Crippen molar-refractivity contribution in [3.8, 4) is 0 Å². The van der Waals surface area contributed by atoms with Gasteiger partial charge in [0, 0.05) is 23.3 Å². The minimum Gasteiger partial charge on any atom is -0.331 e. The summed E-state index contributed by atoms with van der Waals surface area (Å²) >= 11 is 0. The molecule has 0 radical (unpaired) electrons. The van der Waals surface area contributed by atoms with Crippen molar-refractivity contribution in [3.05, 3.63) is 47.0 Å².